The highest BCUT2D eigenvalue weighted by Crippen LogP contribution is 2.36. The number of carbonyl (C=O) groups is 1. The Hall–Kier alpha value is -5.29. The maximum atomic E-state index is 15.5. The zero-order valence-corrected chi connectivity index (χ0v) is 24.3. The predicted octanol–water partition coefficient (Wildman–Crippen LogP) is 5.76. The highest BCUT2D eigenvalue weighted by atomic mass is 35.5. The van der Waals surface area contributed by atoms with Crippen LogP contribution in [0.1, 0.15) is 50.0 Å². The summed E-state index contributed by atoms with van der Waals surface area (Å²) in [5.74, 6) is -1.64. The van der Waals surface area contributed by atoms with E-state index in [4.69, 9.17) is 11.6 Å². The quantitative estimate of drug-likeness (QED) is 0.266. The number of amides is 1. The molecule has 0 saturated carbocycles. The zero-order valence-electron chi connectivity index (χ0n) is 23.5. The van der Waals surface area contributed by atoms with Crippen LogP contribution in [0.5, 0.6) is 0 Å². The second-order valence-electron chi connectivity index (χ2n) is 10.5. The largest absolute Gasteiger partial charge is 0.333 e. The Balaban J connectivity index is 1.46. The van der Waals surface area contributed by atoms with Gasteiger partial charge in [0.15, 0.2) is 5.82 Å². The van der Waals surface area contributed by atoms with E-state index >= 15 is 4.39 Å². The Morgan fingerprint density at radius 3 is 2.67 bits per heavy atom. The van der Waals surface area contributed by atoms with Crippen molar-refractivity contribution in [2.45, 2.75) is 38.8 Å². The molecule has 45 heavy (non-hydrogen) atoms. The van der Waals surface area contributed by atoms with Crippen LogP contribution in [-0.4, -0.2) is 40.0 Å². The maximum Gasteiger partial charge on any atom is 0.333 e. The average molecular weight is 634 g/mol. The van der Waals surface area contributed by atoms with Gasteiger partial charge in [-0.3, -0.25) is 19.1 Å². The lowest BCUT2D eigenvalue weighted by Crippen LogP contribution is -2.27. The average Bonchev–Trinajstić information content (AvgIpc) is 3.68. The molecule has 1 aliphatic rings. The summed E-state index contributed by atoms with van der Waals surface area (Å²) in [5, 5.41) is 19.6. The third-order valence-electron chi connectivity index (χ3n) is 7.66. The summed E-state index contributed by atoms with van der Waals surface area (Å²) in [4.78, 5) is 35.5. The molecular weight excluding hydrogens is 611 g/mol. The molecule has 228 valence electrons. The van der Waals surface area contributed by atoms with Crippen LogP contribution in [0.3, 0.4) is 0 Å². The molecule has 0 radical (unpaired) electrons. The van der Waals surface area contributed by atoms with Gasteiger partial charge in [-0.2, -0.15) is 24.2 Å². The Morgan fingerprint density at radius 1 is 1.11 bits per heavy atom. The number of halogens is 4. The van der Waals surface area contributed by atoms with E-state index < -0.39 is 29.9 Å². The highest BCUT2D eigenvalue weighted by molar-refractivity contribution is 6.31. The molecule has 0 saturated heterocycles. The number of nitrogens with one attached hydrogen (secondary N) is 1. The first-order valence-electron chi connectivity index (χ1n) is 13.8. The summed E-state index contributed by atoms with van der Waals surface area (Å²) in [6, 6.07) is 8.34. The van der Waals surface area contributed by atoms with E-state index in [-0.39, 0.29) is 44.8 Å². The van der Waals surface area contributed by atoms with Crippen LogP contribution in [0.4, 0.5) is 18.9 Å². The van der Waals surface area contributed by atoms with E-state index in [1.165, 1.54) is 58.6 Å². The van der Waals surface area contributed by atoms with Crippen LogP contribution >= 0.6 is 11.6 Å². The lowest BCUT2D eigenvalue weighted by atomic mass is 9.97. The van der Waals surface area contributed by atoms with Crippen LogP contribution in [0.25, 0.3) is 28.2 Å². The van der Waals surface area contributed by atoms with Gasteiger partial charge >= 0.3 is 6.55 Å². The number of hydrogen-bond donors (Lipinski definition) is 1. The van der Waals surface area contributed by atoms with Gasteiger partial charge < -0.3 is 5.32 Å². The normalized spacial score (nSPS) is 16.8. The van der Waals surface area contributed by atoms with Crippen molar-refractivity contribution in [3.8, 4) is 34.3 Å². The summed E-state index contributed by atoms with van der Waals surface area (Å²) in [6.07, 6.45) is 7.90. The number of nitriles is 1. The van der Waals surface area contributed by atoms with Gasteiger partial charge in [0, 0.05) is 29.9 Å². The van der Waals surface area contributed by atoms with Crippen LogP contribution in [0.15, 0.2) is 66.2 Å². The van der Waals surface area contributed by atoms with Crippen LogP contribution in [-0.2, 0) is 4.79 Å². The van der Waals surface area contributed by atoms with Gasteiger partial charge in [0.25, 0.3) is 5.56 Å². The molecule has 1 aromatic carbocycles. The Kier molecular flexibility index (Phi) is 7.94. The Morgan fingerprint density at radius 2 is 1.93 bits per heavy atom. The molecule has 6 rings (SSSR count). The number of benzene rings is 1. The van der Waals surface area contributed by atoms with Crippen molar-refractivity contribution in [3.05, 3.63) is 93.9 Å². The summed E-state index contributed by atoms with van der Waals surface area (Å²) in [6.45, 7) is -1.25. The molecule has 11 nitrogen and oxygen atoms in total. The second-order valence-corrected chi connectivity index (χ2v) is 10.9. The molecule has 1 amide bonds. The first-order chi connectivity index (χ1) is 21.7. The predicted molar refractivity (Wildman–Crippen MR) is 157 cm³/mol. The zero-order chi connectivity index (χ0) is 31.8. The number of hydrogen-bond acceptors (Lipinski definition) is 7. The van der Waals surface area contributed by atoms with Crippen LogP contribution in [0.2, 0.25) is 5.02 Å². The number of aromatic nitrogens is 7. The third kappa shape index (κ3) is 5.58. The fourth-order valence-electron chi connectivity index (χ4n) is 5.37. The van der Waals surface area contributed by atoms with Crippen molar-refractivity contribution in [2.24, 2.45) is 5.92 Å². The SMILES string of the molecule is C[C@@H]1CCC[C@H](n2cnc(-c3c(-n4cc(C#N)cn4)ccc(Cl)c3F)cc2=O)c2cc(ccn2)-c2c(cnn2C(F)F)NC1=O. The van der Waals surface area contributed by atoms with Crippen molar-refractivity contribution in [3.63, 3.8) is 0 Å². The van der Waals surface area contributed by atoms with Gasteiger partial charge in [0.2, 0.25) is 5.91 Å². The van der Waals surface area contributed by atoms with Gasteiger partial charge in [-0.05, 0) is 37.1 Å². The van der Waals surface area contributed by atoms with Gasteiger partial charge in [-0.15, -0.1) is 0 Å². The summed E-state index contributed by atoms with van der Waals surface area (Å²) in [7, 11) is 0. The molecule has 0 fully saturated rings. The van der Waals surface area contributed by atoms with Gasteiger partial charge in [-0.1, -0.05) is 24.9 Å². The molecule has 2 atom stereocenters. The minimum atomic E-state index is -2.98. The minimum absolute atomic E-state index is 0.00326. The first kappa shape index (κ1) is 29.8. The Bertz CT molecular complexity index is 2030. The van der Waals surface area contributed by atoms with E-state index in [1.807, 2.05) is 6.07 Å². The molecule has 2 bridgehead atoms. The van der Waals surface area contributed by atoms with Crippen LogP contribution in [0, 0.1) is 23.1 Å². The molecular formula is C30H23ClF3N9O2. The first-order valence-corrected chi connectivity index (χ1v) is 14.2. The van der Waals surface area contributed by atoms with Crippen molar-refractivity contribution in [2.75, 3.05) is 5.32 Å². The number of anilines is 1. The monoisotopic (exact) mass is 633 g/mol. The van der Waals surface area contributed by atoms with E-state index in [0.29, 0.717) is 35.2 Å². The number of pyridine rings is 1. The number of rotatable bonds is 4. The van der Waals surface area contributed by atoms with E-state index in [2.05, 4.69) is 25.5 Å². The van der Waals surface area contributed by atoms with Crippen molar-refractivity contribution in [1.29, 1.82) is 5.26 Å². The van der Waals surface area contributed by atoms with Gasteiger partial charge in [-0.25, -0.2) is 18.7 Å². The lowest BCUT2D eigenvalue weighted by Gasteiger charge is -2.22. The summed E-state index contributed by atoms with van der Waals surface area (Å²) in [5.41, 5.74) is 0.625. The maximum absolute atomic E-state index is 15.5. The smallest absolute Gasteiger partial charge is 0.323 e. The molecule has 5 aromatic rings. The van der Waals surface area contributed by atoms with E-state index in [0.717, 1.165) is 6.07 Å². The highest BCUT2D eigenvalue weighted by Gasteiger charge is 2.27. The number of carbonyl (C=O) groups excluding carboxylic acids is 1. The van der Waals surface area contributed by atoms with Crippen LogP contribution < -0.4 is 10.9 Å². The molecule has 1 N–H and O–H groups in total. The standard InChI is InChI=1S/C30H23ClF3N9O2/c1-16-3-2-4-23(20-9-18(7-8-36-20)28-22(40-29(16)45)13-39-43(28)30(33)34)41-15-37-21(10-25(41)44)26-24(6-5-19(31)27(26)32)42-14-17(11-35)12-38-42/h5-10,12-16,23,30H,2-4H2,1H3,(H,40,45)/t16-,23+/m1/s1. The second kappa shape index (κ2) is 12.0. The summed E-state index contributed by atoms with van der Waals surface area (Å²) >= 11 is 6.10. The molecule has 5 heterocycles. The third-order valence-corrected chi connectivity index (χ3v) is 7.95. The van der Waals surface area contributed by atoms with Crippen molar-refractivity contribution >= 4 is 23.2 Å². The Labute approximate surface area is 258 Å². The van der Waals surface area contributed by atoms with Crippen molar-refractivity contribution in [1.82, 2.24) is 34.1 Å². The fraction of sp³-hybridized carbons (Fsp3) is 0.233. The molecule has 0 spiro atoms. The molecule has 0 unspecified atom stereocenters. The van der Waals surface area contributed by atoms with Crippen molar-refractivity contribution < 1.29 is 18.0 Å². The lowest BCUT2D eigenvalue weighted by molar-refractivity contribution is -0.119. The number of alkyl halides is 2. The van der Waals surface area contributed by atoms with E-state index in [1.54, 1.807) is 13.0 Å². The molecule has 15 heteroatoms. The minimum Gasteiger partial charge on any atom is -0.323 e. The topological polar surface area (TPSA) is 136 Å². The summed E-state index contributed by atoms with van der Waals surface area (Å²) < 4.78 is 46.5. The van der Waals surface area contributed by atoms with E-state index in [9.17, 15) is 23.6 Å². The number of fused-ring (bicyclic) bond motifs is 4. The van der Waals surface area contributed by atoms with Gasteiger partial charge in [0.1, 0.15) is 6.07 Å². The fourth-order valence-corrected chi connectivity index (χ4v) is 5.53. The molecule has 1 aliphatic heterocycles. The molecule has 0 aliphatic carbocycles. The number of nitrogens with zero attached hydrogens (tertiary/aromatic N) is 8. The molecule has 4 aromatic heterocycles. The van der Waals surface area contributed by atoms with Gasteiger partial charge in [0.05, 0.1) is 69.4 Å².